The van der Waals surface area contributed by atoms with E-state index in [0.717, 1.165) is 18.7 Å². The lowest BCUT2D eigenvalue weighted by atomic mass is 9.82. The van der Waals surface area contributed by atoms with Crippen LogP contribution in [0.5, 0.6) is 0 Å². The summed E-state index contributed by atoms with van der Waals surface area (Å²) in [5.41, 5.74) is 0.603. The van der Waals surface area contributed by atoms with Crippen molar-refractivity contribution in [3.8, 4) is 0 Å². The van der Waals surface area contributed by atoms with E-state index in [1.54, 1.807) is 11.2 Å². The zero-order valence-electron chi connectivity index (χ0n) is 11.7. The Kier molecular flexibility index (Phi) is 2.64. The Hall–Kier alpha value is -1.49. The average molecular weight is 264 g/mol. The number of carbonyl (C=O) groups is 1. The molecule has 1 amide bonds. The molecular weight excluding hydrogens is 244 g/mol. The van der Waals surface area contributed by atoms with Crippen LogP contribution in [0.25, 0.3) is 0 Å². The maximum Gasteiger partial charge on any atom is 0.410 e. The van der Waals surface area contributed by atoms with Gasteiger partial charge in [0, 0.05) is 6.54 Å². The van der Waals surface area contributed by atoms with E-state index in [-0.39, 0.29) is 11.6 Å². The van der Waals surface area contributed by atoms with Gasteiger partial charge < -0.3 is 19.4 Å². The molecule has 2 aliphatic heterocycles. The van der Waals surface area contributed by atoms with Crippen molar-refractivity contribution in [3.63, 3.8) is 0 Å². The molecule has 3 heterocycles. The number of amides is 1. The molecule has 3 rings (SSSR count). The fourth-order valence-electron chi connectivity index (χ4n) is 2.79. The first-order chi connectivity index (χ1) is 8.90. The minimum absolute atomic E-state index is 0.200. The van der Waals surface area contributed by atoms with Crippen LogP contribution in [0, 0.1) is 0 Å². The van der Waals surface area contributed by atoms with E-state index in [1.165, 1.54) is 5.56 Å². The minimum atomic E-state index is -0.449. The third kappa shape index (κ3) is 2.12. The van der Waals surface area contributed by atoms with E-state index >= 15 is 0 Å². The Bertz CT molecular complexity index is 495. The highest BCUT2D eigenvalue weighted by atomic mass is 16.6. The van der Waals surface area contributed by atoms with E-state index in [2.05, 4.69) is 5.32 Å². The highest BCUT2D eigenvalue weighted by Crippen LogP contribution is 2.37. The molecule has 5 heteroatoms. The summed E-state index contributed by atoms with van der Waals surface area (Å²) in [6.45, 7) is 7.79. The predicted molar refractivity (Wildman–Crippen MR) is 69.9 cm³/mol. The van der Waals surface area contributed by atoms with Crippen molar-refractivity contribution in [2.45, 2.75) is 38.3 Å². The van der Waals surface area contributed by atoms with E-state index in [9.17, 15) is 4.79 Å². The van der Waals surface area contributed by atoms with Crippen LogP contribution in [0.15, 0.2) is 16.7 Å². The maximum atomic E-state index is 12.0. The first-order valence-corrected chi connectivity index (χ1v) is 6.69. The second-order valence-corrected chi connectivity index (χ2v) is 6.37. The predicted octanol–water partition coefficient (Wildman–Crippen LogP) is 1.87. The number of nitrogens with zero attached hydrogens (tertiary/aromatic N) is 1. The van der Waals surface area contributed by atoms with Gasteiger partial charge in [0.2, 0.25) is 0 Å². The summed E-state index contributed by atoms with van der Waals surface area (Å²) in [4.78, 5) is 13.7. The molecular formula is C14H20N2O3. The highest BCUT2D eigenvalue weighted by Gasteiger charge is 2.51. The number of nitrogens with one attached hydrogen (secondary N) is 1. The van der Waals surface area contributed by atoms with Crippen molar-refractivity contribution < 1.29 is 13.9 Å². The fraction of sp³-hybridized carbons (Fsp3) is 0.643. The molecule has 5 nitrogen and oxygen atoms in total. The summed E-state index contributed by atoms with van der Waals surface area (Å²) in [5.74, 6) is 0.985. The Morgan fingerprint density at radius 1 is 1.47 bits per heavy atom. The van der Waals surface area contributed by atoms with Gasteiger partial charge in [-0.1, -0.05) is 0 Å². The fourth-order valence-corrected chi connectivity index (χ4v) is 2.79. The lowest BCUT2D eigenvalue weighted by Crippen LogP contribution is -2.69. The molecule has 1 N–H and O–H groups in total. The minimum Gasteiger partial charge on any atom is -0.467 e. The van der Waals surface area contributed by atoms with Gasteiger partial charge in [-0.05, 0) is 38.8 Å². The van der Waals surface area contributed by atoms with Gasteiger partial charge in [0.15, 0.2) is 0 Å². The lowest BCUT2D eigenvalue weighted by Gasteiger charge is -2.50. The molecule has 0 aromatic carbocycles. The van der Waals surface area contributed by atoms with Gasteiger partial charge >= 0.3 is 6.09 Å². The molecule has 1 aromatic heterocycles. The average Bonchev–Trinajstić information content (AvgIpc) is 2.70. The molecule has 0 radical (unpaired) electrons. The number of hydrogen-bond acceptors (Lipinski definition) is 4. The van der Waals surface area contributed by atoms with Gasteiger partial charge in [-0.25, -0.2) is 4.79 Å². The van der Waals surface area contributed by atoms with E-state index in [4.69, 9.17) is 9.15 Å². The molecule has 0 atom stereocenters. The van der Waals surface area contributed by atoms with Crippen molar-refractivity contribution >= 4 is 6.09 Å². The second kappa shape index (κ2) is 4.00. The Balaban J connectivity index is 1.69. The van der Waals surface area contributed by atoms with Crippen LogP contribution in [0.3, 0.4) is 0 Å². The molecule has 1 saturated heterocycles. The summed E-state index contributed by atoms with van der Waals surface area (Å²) < 4.78 is 11.0. The Labute approximate surface area is 112 Å². The molecule has 0 bridgehead atoms. The summed E-state index contributed by atoms with van der Waals surface area (Å²) in [6, 6.07) is 2.02. The van der Waals surface area contributed by atoms with Gasteiger partial charge in [-0.15, -0.1) is 0 Å². The third-order valence-electron chi connectivity index (χ3n) is 3.61. The van der Waals surface area contributed by atoms with E-state index < -0.39 is 5.60 Å². The molecule has 0 aliphatic carbocycles. The Morgan fingerprint density at radius 3 is 2.89 bits per heavy atom. The quantitative estimate of drug-likeness (QED) is 0.777. The number of furan rings is 1. The normalized spacial score (nSPS) is 20.9. The van der Waals surface area contributed by atoms with Gasteiger partial charge in [0.05, 0.1) is 19.4 Å². The topological polar surface area (TPSA) is 54.7 Å². The van der Waals surface area contributed by atoms with Crippen molar-refractivity contribution in [3.05, 3.63) is 23.7 Å². The van der Waals surface area contributed by atoms with Gasteiger partial charge in [0.25, 0.3) is 0 Å². The smallest absolute Gasteiger partial charge is 0.410 e. The van der Waals surface area contributed by atoms with Gasteiger partial charge in [-0.3, -0.25) is 0 Å². The number of rotatable bonds is 0. The molecule has 1 aromatic rings. The molecule has 1 spiro atoms. The number of hydrogen-bond donors (Lipinski definition) is 1. The van der Waals surface area contributed by atoms with E-state index in [1.807, 2.05) is 26.8 Å². The van der Waals surface area contributed by atoms with Crippen molar-refractivity contribution in [1.29, 1.82) is 0 Å². The largest absolute Gasteiger partial charge is 0.467 e. The number of ether oxygens (including phenoxy) is 1. The zero-order chi connectivity index (χ0) is 13.7. The molecule has 0 unspecified atom stereocenters. The summed E-state index contributed by atoms with van der Waals surface area (Å²) in [7, 11) is 0. The van der Waals surface area contributed by atoms with Crippen LogP contribution in [-0.4, -0.2) is 36.2 Å². The molecule has 0 saturated carbocycles. The van der Waals surface area contributed by atoms with Crippen molar-refractivity contribution in [2.24, 2.45) is 0 Å². The summed E-state index contributed by atoms with van der Waals surface area (Å²) in [6.07, 6.45) is 2.47. The SMILES string of the molecule is CC(C)(C)OC(=O)N1CC2(C1)NCCc1ccoc12. The van der Waals surface area contributed by atoms with Crippen LogP contribution in [0.4, 0.5) is 4.79 Å². The first kappa shape index (κ1) is 12.5. The van der Waals surface area contributed by atoms with Crippen LogP contribution in [-0.2, 0) is 16.7 Å². The molecule has 104 valence electrons. The van der Waals surface area contributed by atoms with Crippen molar-refractivity contribution in [1.82, 2.24) is 10.2 Å². The van der Waals surface area contributed by atoms with Gasteiger partial charge in [0.1, 0.15) is 16.9 Å². The number of carbonyl (C=O) groups excluding carboxylic acids is 1. The lowest BCUT2D eigenvalue weighted by molar-refractivity contribution is -0.0252. The second-order valence-electron chi connectivity index (χ2n) is 6.37. The molecule has 2 aliphatic rings. The number of likely N-dealkylation sites (tertiary alicyclic amines) is 1. The van der Waals surface area contributed by atoms with Crippen molar-refractivity contribution in [2.75, 3.05) is 19.6 Å². The van der Waals surface area contributed by atoms with Crippen LogP contribution >= 0.6 is 0 Å². The third-order valence-corrected chi connectivity index (χ3v) is 3.61. The zero-order valence-corrected chi connectivity index (χ0v) is 11.7. The van der Waals surface area contributed by atoms with Crippen LogP contribution < -0.4 is 5.32 Å². The highest BCUT2D eigenvalue weighted by molar-refractivity contribution is 5.70. The summed E-state index contributed by atoms with van der Waals surface area (Å²) >= 11 is 0. The monoisotopic (exact) mass is 264 g/mol. The number of fused-ring (bicyclic) bond motifs is 2. The maximum absolute atomic E-state index is 12.0. The van der Waals surface area contributed by atoms with Crippen LogP contribution in [0.2, 0.25) is 0 Å². The standard InChI is InChI=1S/C14H20N2O3/c1-13(2,3)19-12(17)16-8-14(9-16)11-10(4-6-15-14)5-7-18-11/h5,7,15H,4,6,8-9H2,1-3H3. The Morgan fingerprint density at radius 2 is 2.21 bits per heavy atom. The first-order valence-electron chi connectivity index (χ1n) is 6.69. The summed E-state index contributed by atoms with van der Waals surface area (Å²) in [5, 5.41) is 3.48. The van der Waals surface area contributed by atoms with Gasteiger partial charge in [-0.2, -0.15) is 0 Å². The molecule has 1 fully saturated rings. The van der Waals surface area contributed by atoms with Crippen LogP contribution in [0.1, 0.15) is 32.1 Å². The van der Waals surface area contributed by atoms with E-state index in [0.29, 0.717) is 13.1 Å². The molecule has 19 heavy (non-hydrogen) atoms.